The van der Waals surface area contributed by atoms with Gasteiger partial charge in [-0.2, -0.15) is 5.10 Å². The number of carbonyl (C=O) groups is 3. The number of nitrogens with one attached hydrogen (secondary N) is 1. The first-order chi connectivity index (χ1) is 16.8. The average Bonchev–Trinajstić information content (AvgIpc) is 3.50. The molecule has 1 fully saturated rings. The molecular weight excluding hydrogens is 452 g/mol. The third-order valence-electron chi connectivity index (χ3n) is 6.45. The number of fused-ring (bicyclic) bond motifs is 3. The first-order valence-corrected chi connectivity index (χ1v) is 11.2. The van der Waals surface area contributed by atoms with Gasteiger partial charge in [0.25, 0.3) is 5.91 Å². The number of anilines is 1. The van der Waals surface area contributed by atoms with Crippen LogP contribution in [0.5, 0.6) is 0 Å². The molecule has 3 N–H and O–H groups in total. The highest BCUT2D eigenvalue weighted by Gasteiger charge is 2.40. The van der Waals surface area contributed by atoms with Crippen molar-refractivity contribution in [2.45, 2.75) is 24.5 Å². The number of carbonyl (C=O) groups excluding carboxylic acids is 2. The maximum atomic E-state index is 13.1. The van der Waals surface area contributed by atoms with Gasteiger partial charge in [0.2, 0.25) is 0 Å². The second-order valence-corrected chi connectivity index (χ2v) is 8.72. The fourth-order valence-corrected chi connectivity index (χ4v) is 4.90. The highest BCUT2D eigenvalue weighted by Crippen LogP contribution is 2.44. The van der Waals surface area contributed by atoms with Crippen LogP contribution >= 0.6 is 0 Å². The lowest BCUT2D eigenvalue weighted by Crippen LogP contribution is -2.40. The van der Waals surface area contributed by atoms with Crippen molar-refractivity contribution in [3.8, 4) is 11.1 Å². The molecule has 2 atom stereocenters. The largest absolute Gasteiger partial charge is 0.480 e. The van der Waals surface area contributed by atoms with Gasteiger partial charge in [0.15, 0.2) is 5.82 Å². The predicted molar refractivity (Wildman–Crippen MR) is 125 cm³/mol. The van der Waals surface area contributed by atoms with E-state index in [1.807, 2.05) is 48.5 Å². The molecule has 0 spiro atoms. The number of ether oxygens (including phenoxy) is 1. The van der Waals surface area contributed by atoms with Crippen LogP contribution in [0.2, 0.25) is 0 Å². The molecule has 0 saturated carbocycles. The van der Waals surface area contributed by atoms with Crippen molar-refractivity contribution in [1.29, 1.82) is 0 Å². The third-order valence-corrected chi connectivity index (χ3v) is 6.45. The summed E-state index contributed by atoms with van der Waals surface area (Å²) in [7, 11) is 1.58. The van der Waals surface area contributed by atoms with Crippen LogP contribution in [0.3, 0.4) is 0 Å². The summed E-state index contributed by atoms with van der Waals surface area (Å²) >= 11 is 0. The fourth-order valence-electron chi connectivity index (χ4n) is 4.90. The number of hydrogen-bond donors (Lipinski definition) is 3. The highest BCUT2D eigenvalue weighted by molar-refractivity contribution is 6.03. The topological polar surface area (TPSA) is 134 Å². The lowest BCUT2D eigenvalue weighted by Gasteiger charge is -2.21. The van der Waals surface area contributed by atoms with Crippen LogP contribution in [-0.4, -0.2) is 68.2 Å². The molecule has 2 aromatic carbocycles. The Morgan fingerprint density at radius 3 is 2.34 bits per heavy atom. The summed E-state index contributed by atoms with van der Waals surface area (Å²) in [6.07, 6.45) is -0.382. The van der Waals surface area contributed by atoms with Crippen molar-refractivity contribution in [2.75, 3.05) is 18.5 Å². The molecule has 2 aliphatic rings. The van der Waals surface area contributed by atoms with Gasteiger partial charge < -0.3 is 19.8 Å². The number of benzene rings is 2. The van der Waals surface area contributed by atoms with E-state index in [1.54, 1.807) is 7.05 Å². The number of carboxylic acid groups (broad SMARTS) is 1. The minimum absolute atomic E-state index is 0.0151. The van der Waals surface area contributed by atoms with Gasteiger partial charge in [-0.25, -0.2) is 9.59 Å². The molecule has 2 heterocycles. The van der Waals surface area contributed by atoms with Crippen LogP contribution in [-0.2, 0) is 16.6 Å². The molecule has 1 aliphatic carbocycles. The maximum Gasteiger partial charge on any atom is 0.412 e. The average molecular weight is 476 g/mol. The number of likely N-dealkylation sites (tertiary alicyclic amines) is 1. The molecule has 1 aliphatic heterocycles. The van der Waals surface area contributed by atoms with Gasteiger partial charge >= 0.3 is 12.1 Å². The van der Waals surface area contributed by atoms with E-state index in [0.29, 0.717) is 0 Å². The molecule has 5 rings (SSSR count). The number of aromatic nitrogens is 2. The number of β-amino-alcohol motifs (C(OH)–C–C–N with tert-alkyl or cyclic N) is 1. The summed E-state index contributed by atoms with van der Waals surface area (Å²) in [6.45, 7) is -0.0234. The van der Waals surface area contributed by atoms with E-state index in [-0.39, 0.29) is 36.9 Å². The first kappa shape index (κ1) is 22.6. The SMILES string of the molecule is Cn1cc(C(=O)N2CC(O)C[C@H]2C(=O)O)c(NC(=O)OCC2c3ccccc3-c3ccccc32)n1. The first-order valence-electron chi connectivity index (χ1n) is 11.2. The number of aliphatic carboxylic acids is 1. The summed E-state index contributed by atoms with van der Waals surface area (Å²) in [5.74, 6) is -2.01. The Hall–Kier alpha value is -4.18. The zero-order chi connectivity index (χ0) is 24.7. The van der Waals surface area contributed by atoms with Crippen LogP contribution in [0, 0.1) is 0 Å². The standard InChI is InChI=1S/C25H24N4O6/c1-28-12-19(23(31)29-11-14(30)10-21(29)24(32)33)22(27-28)26-25(34)35-13-20-17-8-4-2-6-15(17)16-7-3-5-9-18(16)20/h2-9,12,14,20-21,30H,10-11,13H2,1H3,(H,32,33)(H,26,27,34)/t14?,21-/m0/s1. The zero-order valence-corrected chi connectivity index (χ0v) is 18.9. The molecule has 35 heavy (non-hydrogen) atoms. The number of aliphatic hydroxyl groups is 1. The van der Waals surface area contributed by atoms with Gasteiger partial charge in [0, 0.05) is 32.1 Å². The molecule has 10 nitrogen and oxygen atoms in total. The normalized spacial score (nSPS) is 18.7. The van der Waals surface area contributed by atoms with Crippen LogP contribution in [0.15, 0.2) is 54.7 Å². The molecule has 2 amide bonds. The summed E-state index contributed by atoms with van der Waals surface area (Å²) in [5, 5.41) is 25.9. The van der Waals surface area contributed by atoms with Gasteiger partial charge in [-0.1, -0.05) is 48.5 Å². The molecule has 1 unspecified atom stereocenters. The van der Waals surface area contributed by atoms with E-state index < -0.39 is 30.1 Å². The van der Waals surface area contributed by atoms with Crippen molar-refractivity contribution in [3.63, 3.8) is 0 Å². The molecule has 10 heteroatoms. The Kier molecular flexibility index (Phi) is 5.73. The number of rotatable bonds is 5. The molecule has 0 radical (unpaired) electrons. The molecule has 1 aromatic heterocycles. The van der Waals surface area contributed by atoms with Gasteiger partial charge in [-0.05, 0) is 22.3 Å². The van der Waals surface area contributed by atoms with Crippen LogP contribution in [0.1, 0.15) is 33.8 Å². The minimum atomic E-state index is -1.20. The zero-order valence-electron chi connectivity index (χ0n) is 18.9. The number of aryl methyl sites for hydroxylation is 1. The quantitative estimate of drug-likeness (QED) is 0.515. The van der Waals surface area contributed by atoms with Gasteiger partial charge in [0.05, 0.1) is 6.10 Å². The Morgan fingerprint density at radius 1 is 1.09 bits per heavy atom. The number of aliphatic hydroxyl groups excluding tert-OH is 1. The lowest BCUT2D eigenvalue weighted by molar-refractivity contribution is -0.141. The van der Waals surface area contributed by atoms with Crippen LogP contribution in [0.25, 0.3) is 11.1 Å². The predicted octanol–water partition coefficient (Wildman–Crippen LogP) is 2.44. The third kappa shape index (κ3) is 4.12. The lowest BCUT2D eigenvalue weighted by atomic mass is 9.98. The van der Waals surface area contributed by atoms with Crippen LogP contribution < -0.4 is 5.32 Å². The fraction of sp³-hybridized carbons (Fsp3) is 0.280. The number of hydrogen-bond acceptors (Lipinski definition) is 6. The van der Waals surface area contributed by atoms with E-state index in [2.05, 4.69) is 10.4 Å². The summed E-state index contributed by atoms with van der Waals surface area (Å²) in [6, 6.07) is 14.8. The summed E-state index contributed by atoms with van der Waals surface area (Å²) in [5.41, 5.74) is 4.37. The van der Waals surface area contributed by atoms with E-state index in [1.165, 1.54) is 10.9 Å². The van der Waals surface area contributed by atoms with Crippen molar-refractivity contribution in [1.82, 2.24) is 14.7 Å². The van der Waals surface area contributed by atoms with Gasteiger partial charge in [-0.15, -0.1) is 0 Å². The summed E-state index contributed by atoms with van der Waals surface area (Å²) < 4.78 is 6.87. The smallest absolute Gasteiger partial charge is 0.412 e. The summed E-state index contributed by atoms with van der Waals surface area (Å²) in [4.78, 5) is 38.4. The monoisotopic (exact) mass is 476 g/mol. The van der Waals surface area contributed by atoms with Gasteiger partial charge in [-0.3, -0.25) is 14.8 Å². The van der Waals surface area contributed by atoms with E-state index in [0.717, 1.165) is 27.2 Å². The molecule has 1 saturated heterocycles. The number of carboxylic acids is 1. The molecule has 180 valence electrons. The van der Waals surface area contributed by atoms with Gasteiger partial charge in [0.1, 0.15) is 18.2 Å². The molecular formula is C25H24N4O6. The Balaban J connectivity index is 1.31. The number of nitrogens with zero attached hydrogens (tertiary/aromatic N) is 3. The highest BCUT2D eigenvalue weighted by atomic mass is 16.5. The van der Waals surface area contributed by atoms with E-state index in [4.69, 9.17) is 4.74 Å². The van der Waals surface area contributed by atoms with Crippen molar-refractivity contribution in [2.24, 2.45) is 7.05 Å². The van der Waals surface area contributed by atoms with E-state index >= 15 is 0 Å². The molecule has 3 aromatic rings. The van der Waals surface area contributed by atoms with Crippen molar-refractivity contribution < 1.29 is 29.3 Å². The minimum Gasteiger partial charge on any atom is -0.480 e. The van der Waals surface area contributed by atoms with Crippen molar-refractivity contribution in [3.05, 3.63) is 71.4 Å². The Labute approximate surface area is 200 Å². The van der Waals surface area contributed by atoms with E-state index in [9.17, 15) is 24.6 Å². The second-order valence-electron chi connectivity index (χ2n) is 8.72. The van der Waals surface area contributed by atoms with Crippen molar-refractivity contribution >= 4 is 23.8 Å². The molecule has 0 bridgehead atoms. The van der Waals surface area contributed by atoms with Crippen LogP contribution in [0.4, 0.5) is 10.6 Å². The Bertz CT molecular complexity index is 1270. The second kappa shape index (κ2) is 8.88. The maximum absolute atomic E-state index is 13.1. The Morgan fingerprint density at radius 2 is 1.71 bits per heavy atom. The number of amides is 2.